The first-order valence-electron chi connectivity index (χ1n) is 11.1. The lowest BCUT2D eigenvalue weighted by molar-refractivity contribution is -0.118. The number of nitrogens with one attached hydrogen (secondary N) is 1. The first kappa shape index (κ1) is 22.7. The van der Waals surface area contributed by atoms with Crippen molar-refractivity contribution in [2.45, 2.75) is 12.3 Å². The molecule has 1 amide bonds. The van der Waals surface area contributed by atoms with Crippen LogP contribution >= 0.6 is 0 Å². The lowest BCUT2D eigenvalue weighted by atomic mass is 9.92. The number of carbonyl (C=O) groups excluding carboxylic acids is 1. The van der Waals surface area contributed by atoms with Crippen LogP contribution in [0, 0.1) is 5.82 Å². The number of nitrogens with two attached hydrogens (primary N) is 1. The van der Waals surface area contributed by atoms with E-state index in [1.54, 1.807) is 24.5 Å². The molecule has 1 atom stereocenters. The molecule has 0 spiro atoms. The van der Waals surface area contributed by atoms with Gasteiger partial charge >= 0.3 is 0 Å². The molecule has 0 aliphatic carbocycles. The van der Waals surface area contributed by atoms with Gasteiger partial charge < -0.3 is 20.9 Å². The normalized spacial score (nSPS) is 15.3. The van der Waals surface area contributed by atoms with Crippen molar-refractivity contribution in [2.75, 3.05) is 50.0 Å². The molecule has 3 N–H and O–H groups in total. The van der Waals surface area contributed by atoms with Crippen molar-refractivity contribution in [1.82, 2.24) is 14.9 Å². The van der Waals surface area contributed by atoms with Gasteiger partial charge in [0.15, 0.2) is 0 Å². The Bertz CT molecular complexity index is 1090. The summed E-state index contributed by atoms with van der Waals surface area (Å²) in [5, 5.41) is 3.38. The molecule has 0 bridgehead atoms. The van der Waals surface area contributed by atoms with E-state index in [2.05, 4.69) is 27.1 Å². The topological polar surface area (TPSA) is 87.4 Å². The second-order valence-electron chi connectivity index (χ2n) is 8.33. The van der Waals surface area contributed by atoms with Gasteiger partial charge in [-0.05, 0) is 48.9 Å². The fourth-order valence-electron chi connectivity index (χ4n) is 4.11. The molecule has 2 aromatic heterocycles. The minimum Gasteiger partial charge on any atom is -0.369 e. The largest absolute Gasteiger partial charge is 0.369 e. The molecule has 1 unspecified atom stereocenters. The highest BCUT2D eigenvalue weighted by molar-refractivity contribution is 5.87. The molecule has 8 heteroatoms. The van der Waals surface area contributed by atoms with E-state index < -0.39 is 11.8 Å². The molecule has 4 rings (SSSR count). The minimum absolute atomic E-state index is 0.256. The van der Waals surface area contributed by atoms with Crippen molar-refractivity contribution in [3.63, 3.8) is 0 Å². The number of pyridine rings is 2. The van der Waals surface area contributed by atoms with Gasteiger partial charge in [-0.25, -0.2) is 9.37 Å². The number of primary amides is 1. The maximum atomic E-state index is 13.6. The van der Waals surface area contributed by atoms with Crippen molar-refractivity contribution in [3.05, 3.63) is 83.4 Å². The highest BCUT2D eigenvalue weighted by atomic mass is 19.1. The molecule has 1 fully saturated rings. The van der Waals surface area contributed by atoms with Crippen LogP contribution in [0.15, 0.2) is 60.9 Å². The van der Waals surface area contributed by atoms with Crippen molar-refractivity contribution in [1.29, 1.82) is 0 Å². The molecular formula is C25H29FN6O. The van der Waals surface area contributed by atoms with Crippen LogP contribution in [0.4, 0.5) is 16.0 Å². The Hall–Kier alpha value is -3.52. The standard InChI is InChI=1S/C25H29FN6O/c1-31-12-14-32(15-13-31)22-8-7-21(23(24(27)33)19-5-3-10-28-17-19)25(30-22)29-11-9-18-4-2-6-20(26)16-18/h2-8,10,16-17,23H,9,11-15H2,1H3,(H2,27,33)(H,29,30). The summed E-state index contributed by atoms with van der Waals surface area (Å²) < 4.78 is 13.6. The number of anilines is 2. The fourth-order valence-corrected chi connectivity index (χ4v) is 4.11. The number of rotatable bonds is 8. The molecule has 1 aliphatic heterocycles. The number of halogens is 1. The number of piperazine rings is 1. The number of hydrogen-bond donors (Lipinski definition) is 2. The second kappa shape index (κ2) is 10.4. The number of benzene rings is 1. The highest BCUT2D eigenvalue weighted by Gasteiger charge is 2.25. The fraction of sp³-hybridized carbons (Fsp3) is 0.320. The maximum absolute atomic E-state index is 13.6. The molecule has 172 valence electrons. The summed E-state index contributed by atoms with van der Waals surface area (Å²) in [7, 11) is 2.11. The Morgan fingerprint density at radius 2 is 1.97 bits per heavy atom. The van der Waals surface area contributed by atoms with Crippen molar-refractivity contribution in [2.24, 2.45) is 5.73 Å². The van der Waals surface area contributed by atoms with Crippen LogP contribution in [0.3, 0.4) is 0 Å². The van der Waals surface area contributed by atoms with E-state index in [1.165, 1.54) is 12.1 Å². The third-order valence-corrected chi connectivity index (χ3v) is 5.95. The number of likely N-dealkylation sites (N-methyl/N-ethyl adjacent to an activating group) is 1. The number of aromatic nitrogens is 2. The lowest BCUT2D eigenvalue weighted by Gasteiger charge is -2.33. The SMILES string of the molecule is CN1CCN(c2ccc(C(C(N)=O)c3cccnc3)c(NCCc3cccc(F)c3)n2)CC1. The first-order valence-corrected chi connectivity index (χ1v) is 11.1. The number of amides is 1. The Labute approximate surface area is 193 Å². The molecule has 0 saturated carbocycles. The minimum atomic E-state index is -0.676. The summed E-state index contributed by atoms with van der Waals surface area (Å²) in [6.07, 6.45) is 3.93. The average Bonchev–Trinajstić information content (AvgIpc) is 2.81. The van der Waals surface area contributed by atoms with Crippen LogP contribution in [0.2, 0.25) is 0 Å². The molecular weight excluding hydrogens is 419 g/mol. The molecule has 3 heterocycles. The van der Waals surface area contributed by atoms with E-state index in [4.69, 9.17) is 10.7 Å². The summed E-state index contributed by atoms with van der Waals surface area (Å²) in [5.74, 6) is 0.0634. The third kappa shape index (κ3) is 5.64. The first-order chi connectivity index (χ1) is 16.0. The van der Waals surface area contributed by atoms with E-state index in [-0.39, 0.29) is 5.82 Å². The summed E-state index contributed by atoms with van der Waals surface area (Å²) in [5.41, 5.74) is 8.13. The molecule has 7 nitrogen and oxygen atoms in total. The monoisotopic (exact) mass is 448 g/mol. The maximum Gasteiger partial charge on any atom is 0.229 e. The van der Waals surface area contributed by atoms with Gasteiger partial charge in [-0.15, -0.1) is 0 Å². The third-order valence-electron chi connectivity index (χ3n) is 5.95. The molecule has 1 saturated heterocycles. The zero-order chi connectivity index (χ0) is 23.2. The van der Waals surface area contributed by atoms with E-state index in [0.29, 0.717) is 29.9 Å². The molecule has 0 radical (unpaired) electrons. The van der Waals surface area contributed by atoms with Crippen molar-refractivity contribution < 1.29 is 9.18 Å². The summed E-state index contributed by atoms with van der Waals surface area (Å²) >= 11 is 0. The second-order valence-corrected chi connectivity index (χ2v) is 8.33. The quantitative estimate of drug-likeness (QED) is 0.551. The summed E-state index contributed by atoms with van der Waals surface area (Å²) in [4.78, 5) is 26.1. The number of hydrogen-bond acceptors (Lipinski definition) is 6. The van der Waals surface area contributed by atoms with Gasteiger partial charge in [0.05, 0.1) is 5.92 Å². The predicted octanol–water partition coefficient (Wildman–Crippen LogP) is 2.64. The van der Waals surface area contributed by atoms with Crippen LogP contribution in [0.1, 0.15) is 22.6 Å². The smallest absolute Gasteiger partial charge is 0.229 e. The molecule has 1 aliphatic rings. The van der Waals surface area contributed by atoms with Crippen LogP contribution in [-0.2, 0) is 11.2 Å². The van der Waals surface area contributed by atoms with Crippen molar-refractivity contribution >= 4 is 17.5 Å². The van der Waals surface area contributed by atoms with E-state index in [1.807, 2.05) is 24.3 Å². The van der Waals surface area contributed by atoms with Gasteiger partial charge in [-0.1, -0.05) is 24.3 Å². The van der Waals surface area contributed by atoms with E-state index in [0.717, 1.165) is 37.6 Å². The van der Waals surface area contributed by atoms with Crippen LogP contribution in [-0.4, -0.2) is 60.5 Å². The predicted molar refractivity (Wildman–Crippen MR) is 128 cm³/mol. The van der Waals surface area contributed by atoms with E-state index in [9.17, 15) is 9.18 Å². The Morgan fingerprint density at radius 3 is 2.67 bits per heavy atom. The van der Waals surface area contributed by atoms with Crippen molar-refractivity contribution in [3.8, 4) is 0 Å². The lowest BCUT2D eigenvalue weighted by Crippen LogP contribution is -2.44. The molecule has 1 aromatic carbocycles. The summed E-state index contributed by atoms with van der Waals surface area (Å²) in [6.45, 7) is 4.23. The van der Waals surface area contributed by atoms with Gasteiger partial charge in [-0.3, -0.25) is 9.78 Å². The summed E-state index contributed by atoms with van der Waals surface area (Å²) in [6, 6.07) is 14.1. The van der Waals surface area contributed by atoms with Crippen LogP contribution in [0.25, 0.3) is 0 Å². The van der Waals surface area contributed by atoms with Gasteiger partial charge in [-0.2, -0.15) is 0 Å². The van der Waals surface area contributed by atoms with E-state index >= 15 is 0 Å². The Morgan fingerprint density at radius 1 is 1.15 bits per heavy atom. The highest BCUT2D eigenvalue weighted by Crippen LogP contribution is 2.31. The Balaban J connectivity index is 1.63. The van der Waals surface area contributed by atoms with Gasteiger partial charge in [0.2, 0.25) is 5.91 Å². The number of carbonyl (C=O) groups is 1. The van der Waals surface area contributed by atoms with Gasteiger partial charge in [0, 0.05) is 50.7 Å². The molecule has 33 heavy (non-hydrogen) atoms. The Kier molecular flexibility index (Phi) is 7.14. The van der Waals surface area contributed by atoms with Gasteiger partial charge in [0.25, 0.3) is 0 Å². The molecule has 3 aromatic rings. The average molecular weight is 449 g/mol. The van der Waals surface area contributed by atoms with Crippen LogP contribution in [0.5, 0.6) is 0 Å². The zero-order valence-corrected chi connectivity index (χ0v) is 18.7. The zero-order valence-electron chi connectivity index (χ0n) is 18.7. The number of nitrogens with zero attached hydrogens (tertiary/aromatic N) is 4. The van der Waals surface area contributed by atoms with Crippen LogP contribution < -0.4 is 16.0 Å². The van der Waals surface area contributed by atoms with Gasteiger partial charge in [0.1, 0.15) is 17.5 Å².